The van der Waals surface area contributed by atoms with E-state index in [4.69, 9.17) is 0 Å². The van der Waals surface area contributed by atoms with Crippen LogP contribution in [0.25, 0.3) is 10.9 Å². The van der Waals surface area contributed by atoms with Crippen LogP contribution in [0.1, 0.15) is 35.7 Å². The Hall–Kier alpha value is -1.79. The Morgan fingerprint density at radius 3 is 2.88 bits per heavy atom. The van der Waals surface area contributed by atoms with Gasteiger partial charge in [-0.15, -0.1) is 0 Å². The zero-order chi connectivity index (χ0) is 17.0. The standard InChI is InChI=1S/C19H18BrFN4/c20-12-1-3-17(22-9-12)18-14-2-4-16-15(10-23-24-16)13(14)5-8-25(18)11-19(21)6-7-19/h1-4,9-10,18H,5-8,11H2,(H,23,24). The van der Waals surface area contributed by atoms with Gasteiger partial charge in [0, 0.05) is 29.1 Å². The molecule has 4 nitrogen and oxygen atoms in total. The van der Waals surface area contributed by atoms with E-state index in [0.717, 1.165) is 28.6 Å². The minimum atomic E-state index is -1.01. The summed E-state index contributed by atoms with van der Waals surface area (Å²) in [6.07, 6.45) is 5.98. The maximum atomic E-state index is 14.5. The van der Waals surface area contributed by atoms with Crippen LogP contribution in [0.5, 0.6) is 0 Å². The van der Waals surface area contributed by atoms with E-state index in [1.165, 1.54) is 16.5 Å². The fraction of sp³-hybridized carbons (Fsp3) is 0.368. The lowest BCUT2D eigenvalue weighted by atomic mass is 9.88. The maximum absolute atomic E-state index is 14.5. The van der Waals surface area contributed by atoms with E-state index in [1.54, 1.807) is 0 Å². The second kappa shape index (κ2) is 5.61. The van der Waals surface area contributed by atoms with Gasteiger partial charge in [0.05, 0.1) is 23.4 Å². The third kappa shape index (κ3) is 2.68. The number of pyridine rings is 1. The quantitative estimate of drug-likeness (QED) is 0.717. The molecule has 1 unspecified atom stereocenters. The molecule has 128 valence electrons. The molecule has 1 aliphatic carbocycles. The first-order valence-electron chi connectivity index (χ1n) is 8.62. The number of nitrogens with zero attached hydrogens (tertiary/aromatic N) is 3. The predicted octanol–water partition coefficient (Wildman–Crippen LogP) is 4.17. The number of aromatic amines is 1. The monoisotopic (exact) mass is 400 g/mol. The molecule has 5 rings (SSSR count). The SMILES string of the molecule is FC1(CN2CCc3c(ccc4[nH]ncc34)C2c2ccc(Br)cn2)CC1. The average Bonchev–Trinajstić information content (AvgIpc) is 3.15. The van der Waals surface area contributed by atoms with E-state index < -0.39 is 5.67 Å². The van der Waals surface area contributed by atoms with Crippen LogP contribution in [0.15, 0.2) is 41.1 Å². The minimum absolute atomic E-state index is 0.00984. The van der Waals surface area contributed by atoms with Crippen LogP contribution in [0.2, 0.25) is 0 Å². The van der Waals surface area contributed by atoms with Gasteiger partial charge in [-0.3, -0.25) is 15.0 Å². The number of aromatic nitrogens is 3. The Morgan fingerprint density at radius 1 is 1.24 bits per heavy atom. The number of hydrogen-bond donors (Lipinski definition) is 1. The van der Waals surface area contributed by atoms with Crippen molar-refractivity contribution in [1.29, 1.82) is 0 Å². The molecule has 3 aromatic rings. The Kier molecular flexibility index (Phi) is 3.47. The summed E-state index contributed by atoms with van der Waals surface area (Å²) in [6, 6.07) is 8.25. The summed E-state index contributed by atoms with van der Waals surface area (Å²) in [5.41, 5.74) is 3.54. The molecule has 1 atom stereocenters. The smallest absolute Gasteiger partial charge is 0.123 e. The molecule has 0 saturated heterocycles. The molecule has 0 amide bonds. The molecule has 1 aliphatic heterocycles. The Balaban J connectivity index is 1.64. The molecule has 0 radical (unpaired) electrons. The van der Waals surface area contributed by atoms with Crippen molar-refractivity contribution < 1.29 is 4.39 Å². The lowest BCUT2D eigenvalue weighted by Gasteiger charge is -2.38. The van der Waals surface area contributed by atoms with Gasteiger partial charge in [-0.05, 0) is 64.5 Å². The van der Waals surface area contributed by atoms with E-state index >= 15 is 0 Å². The fourth-order valence-corrected chi connectivity index (χ4v) is 4.17. The van der Waals surface area contributed by atoms with Crippen molar-refractivity contribution in [3.8, 4) is 0 Å². The molecule has 1 fully saturated rings. The van der Waals surface area contributed by atoms with E-state index in [-0.39, 0.29) is 6.04 Å². The summed E-state index contributed by atoms with van der Waals surface area (Å²) in [7, 11) is 0. The van der Waals surface area contributed by atoms with E-state index in [0.29, 0.717) is 19.4 Å². The van der Waals surface area contributed by atoms with E-state index in [9.17, 15) is 4.39 Å². The summed E-state index contributed by atoms with van der Waals surface area (Å²) in [4.78, 5) is 6.90. The van der Waals surface area contributed by atoms with Gasteiger partial charge in [0.1, 0.15) is 5.67 Å². The third-order valence-electron chi connectivity index (χ3n) is 5.39. The van der Waals surface area contributed by atoms with Crippen LogP contribution < -0.4 is 0 Å². The fourth-order valence-electron chi connectivity index (χ4n) is 3.93. The highest BCUT2D eigenvalue weighted by molar-refractivity contribution is 9.10. The molecular formula is C19H18BrFN4. The maximum Gasteiger partial charge on any atom is 0.123 e. The summed E-state index contributed by atoms with van der Waals surface area (Å²) in [5, 5.41) is 8.40. The van der Waals surface area contributed by atoms with Crippen molar-refractivity contribution in [1.82, 2.24) is 20.1 Å². The highest BCUT2D eigenvalue weighted by Gasteiger charge is 2.46. The number of rotatable bonds is 3. The zero-order valence-corrected chi connectivity index (χ0v) is 15.3. The van der Waals surface area contributed by atoms with Crippen molar-refractivity contribution in [2.75, 3.05) is 13.1 Å². The number of fused-ring (bicyclic) bond motifs is 3. The first kappa shape index (κ1) is 15.5. The number of hydrogen-bond acceptors (Lipinski definition) is 3. The Bertz CT molecular complexity index is 932. The number of nitrogens with one attached hydrogen (secondary N) is 1. The van der Waals surface area contributed by atoms with Gasteiger partial charge in [-0.25, -0.2) is 4.39 Å². The number of alkyl halides is 1. The van der Waals surface area contributed by atoms with Crippen molar-refractivity contribution >= 4 is 26.8 Å². The number of halogens is 2. The van der Waals surface area contributed by atoms with Gasteiger partial charge in [0.15, 0.2) is 0 Å². The van der Waals surface area contributed by atoms with Gasteiger partial charge < -0.3 is 0 Å². The van der Waals surface area contributed by atoms with Gasteiger partial charge >= 0.3 is 0 Å². The first-order chi connectivity index (χ1) is 12.1. The second-order valence-electron chi connectivity index (χ2n) is 7.14. The van der Waals surface area contributed by atoms with Gasteiger partial charge in [0.25, 0.3) is 0 Å². The summed E-state index contributed by atoms with van der Waals surface area (Å²) in [5.74, 6) is 0. The number of H-pyrrole nitrogens is 1. The highest BCUT2D eigenvalue weighted by atomic mass is 79.9. The lowest BCUT2D eigenvalue weighted by Crippen LogP contribution is -2.40. The second-order valence-corrected chi connectivity index (χ2v) is 8.06. The molecule has 6 heteroatoms. The van der Waals surface area contributed by atoms with E-state index in [1.807, 2.05) is 24.5 Å². The largest absolute Gasteiger partial charge is 0.288 e. The molecule has 3 heterocycles. The van der Waals surface area contributed by atoms with Gasteiger partial charge in [-0.2, -0.15) is 5.10 Å². The van der Waals surface area contributed by atoms with Crippen LogP contribution in [0.4, 0.5) is 4.39 Å². The van der Waals surface area contributed by atoms with Crippen molar-refractivity contribution in [2.45, 2.75) is 31.0 Å². The first-order valence-corrected chi connectivity index (χ1v) is 9.42. The zero-order valence-electron chi connectivity index (χ0n) is 13.7. The van der Waals surface area contributed by atoms with Crippen molar-refractivity contribution in [3.05, 3.63) is 58.0 Å². The molecule has 1 saturated carbocycles. The molecule has 2 aromatic heterocycles. The lowest BCUT2D eigenvalue weighted by molar-refractivity contribution is 0.139. The van der Waals surface area contributed by atoms with E-state index in [2.05, 4.69) is 48.1 Å². The molecule has 0 bridgehead atoms. The topological polar surface area (TPSA) is 44.8 Å². The summed E-state index contributed by atoms with van der Waals surface area (Å²) in [6.45, 7) is 1.32. The van der Waals surface area contributed by atoms with Crippen LogP contribution >= 0.6 is 15.9 Å². The normalized spacial score (nSPS) is 22.1. The minimum Gasteiger partial charge on any atom is -0.288 e. The van der Waals surface area contributed by atoms with Gasteiger partial charge in [0.2, 0.25) is 0 Å². The van der Waals surface area contributed by atoms with Gasteiger partial charge in [-0.1, -0.05) is 6.07 Å². The summed E-state index contributed by atoms with van der Waals surface area (Å²) < 4.78 is 15.5. The number of benzene rings is 1. The molecule has 2 aliphatic rings. The highest BCUT2D eigenvalue weighted by Crippen LogP contribution is 2.44. The molecule has 1 aromatic carbocycles. The Labute approximate surface area is 153 Å². The van der Waals surface area contributed by atoms with Crippen LogP contribution in [-0.2, 0) is 6.42 Å². The Morgan fingerprint density at radius 2 is 2.12 bits per heavy atom. The van der Waals surface area contributed by atoms with Crippen LogP contribution in [0, 0.1) is 0 Å². The average molecular weight is 401 g/mol. The predicted molar refractivity (Wildman–Crippen MR) is 98.2 cm³/mol. The molecule has 25 heavy (non-hydrogen) atoms. The third-order valence-corrected chi connectivity index (χ3v) is 5.86. The molecule has 0 spiro atoms. The molecule has 1 N–H and O–H groups in total. The molecular weight excluding hydrogens is 383 g/mol. The summed E-state index contributed by atoms with van der Waals surface area (Å²) >= 11 is 3.45. The van der Waals surface area contributed by atoms with Crippen molar-refractivity contribution in [3.63, 3.8) is 0 Å². The van der Waals surface area contributed by atoms with Crippen LogP contribution in [-0.4, -0.2) is 38.8 Å². The van der Waals surface area contributed by atoms with Crippen molar-refractivity contribution in [2.24, 2.45) is 0 Å². The van der Waals surface area contributed by atoms with Crippen LogP contribution in [0.3, 0.4) is 0 Å².